The molecule has 0 aromatic heterocycles. The summed E-state index contributed by atoms with van der Waals surface area (Å²) in [5.41, 5.74) is 3.39. The van der Waals surface area contributed by atoms with E-state index in [1.165, 1.54) is 46.8 Å². The van der Waals surface area contributed by atoms with Crippen LogP contribution >= 0.6 is 0 Å². The zero-order valence-corrected chi connectivity index (χ0v) is 20.9. The maximum absolute atomic E-state index is 13.8. The molecule has 1 fully saturated rings. The fourth-order valence-corrected chi connectivity index (χ4v) is 7.26. The first-order valence-electron chi connectivity index (χ1n) is 11.0. The molecule has 1 saturated heterocycles. The van der Waals surface area contributed by atoms with Gasteiger partial charge in [0.1, 0.15) is 4.90 Å². The Morgan fingerprint density at radius 2 is 1.46 bits per heavy atom. The number of carbonyl (C=O) groups is 1. The van der Waals surface area contributed by atoms with Crippen LogP contribution in [-0.4, -0.2) is 40.1 Å². The fourth-order valence-electron chi connectivity index (χ4n) is 4.06. The lowest BCUT2D eigenvalue weighted by Crippen LogP contribution is -2.30. The minimum absolute atomic E-state index is 0.0860. The molecular formula is C24H22F3N3O5S2. The number of hydrogen-bond acceptors (Lipinski definition) is 5. The quantitative estimate of drug-likeness (QED) is 0.472. The van der Waals surface area contributed by atoms with Crippen LogP contribution < -0.4 is 10.0 Å². The molecule has 2 N–H and O–H groups in total. The zero-order valence-electron chi connectivity index (χ0n) is 19.2. The third-order valence-electron chi connectivity index (χ3n) is 5.85. The summed E-state index contributed by atoms with van der Waals surface area (Å²) < 4.78 is 95.7. The molecule has 3 aromatic rings. The Balaban J connectivity index is 1.89. The Morgan fingerprint density at radius 1 is 0.838 bits per heavy atom. The van der Waals surface area contributed by atoms with Crippen molar-refractivity contribution in [1.29, 1.82) is 0 Å². The number of sulfonamides is 2. The maximum Gasteiger partial charge on any atom is 0.416 e. The molecule has 13 heteroatoms. The minimum atomic E-state index is -4.76. The largest absolute Gasteiger partial charge is 0.416 e. The van der Waals surface area contributed by atoms with Gasteiger partial charge in [-0.1, -0.05) is 18.2 Å². The molecule has 37 heavy (non-hydrogen) atoms. The standard InChI is InChI=1S/C24H22F3N3O5S2/c25-24(26,27)17-6-5-7-19(16-17)30(37(34,35)22-9-2-1-8-21(22)23(28)31)18-10-12-20(13-11-18)36(32,33)29-14-3-4-15-29/h1-2,5-13,16H,3-4,14-15H2,(H2,28,31). The van der Waals surface area contributed by atoms with E-state index in [0.29, 0.717) is 23.5 Å². The van der Waals surface area contributed by atoms with E-state index in [1.807, 2.05) is 0 Å². The van der Waals surface area contributed by atoms with Gasteiger partial charge in [0.2, 0.25) is 15.9 Å². The van der Waals surface area contributed by atoms with Crippen molar-refractivity contribution in [3.8, 4) is 0 Å². The van der Waals surface area contributed by atoms with Crippen LogP contribution in [0.5, 0.6) is 0 Å². The van der Waals surface area contributed by atoms with Gasteiger partial charge in [-0.25, -0.2) is 21.1 Å². The summed E-state index contributed by atoms with van der Waals surface area (Å²) >= 11 is 0. The number of anilines is 2. The average Bonchev–Trinajstić information content (AvgIpc) is 3.40. The number of alkyl halides is 3. The highest BCUT2D eigenvalue weighted by molar-refractivity contribution is 7.93. The number of nitrogens with zero attached hydrogens (tertiary/aromatic N) is 2. The number of halogens is 3. The predicted octanol–water partition coefficient (Wildman–Crippen LogP) is 4.12. The molecule has 3 aromatic carbocycles. The molecule has 8 nitrogen and oxygen atoms in total. The van der Waals surface area contributed by atoms with Gasteiger partial charge in [-0.3, -0.25) is 4.79 Å². The lowest BCUT2D eigenvalue weighted by molar-refractivity contribution is -0.137. The fraction of sp³-hybridized carbons (Fsp3) is 0.208. The van der Waals surface area contributed by atoms with Gasteiger partial charge in [0, 0.05) is 13.1 Å². The molecule has 0 unspecified atom stereocenters. The second-order valence-electron chi connectivity index (χ2n) is 8.28. The molecule has 0 atom stereocenters. The van der Waals surface area contributed by atoms with Gasteiger partial charge >= 0.3 is 6.18 Å². The molecule has 1 heterocycles. The SMILES string of the molecule is NC(=O)c1ccccc1S(=O)(=O)N(c1ccc(S(=O)(=O)N2CCCC2)cc1)c1cccc(C(F)(F)F)c1. The summed E-state index contributed by atoms with van der Waals surface area (Å²) in [5, 5.41) is 0. The maximum atomic E-state index is 13.8. The van der Waals surface area contributed by atoms with Crippen molar-refractivity contribution in [2.24, 2.45) is 5.73 Å². The van der Waals surface area contributed by atoms with E-state index in [1.54, 1.807) is 0 Å². The molecule has 4 rings (SSSR count). The molecule has 0 radical (unpaired) electrons. The lowest BCUT2D eigenvalue weighted by atomic mass is 10.2. The first kappa shape index (κ1) is 26.6. The van der Waals surface area contributed by atoms with Gasteiger partial charge in [0.15, 0.2) is 0 Å². The summed E-state index contributed by atoms with van der Waals surface area (Å²) in [6.07, 6.45) is -3.32. The molecular weight excluding hydrogens is 531 g/mol. The van der Waals surface area contributed by atoms with Crippen LogP contribution in [0.2, 0.25) is 0 Å². The van der Waals surface area contributed by atoms with Crippen LogP contribution in [0.1, 0.15) is 28.8 Å². The van der Waals surface area contributed by atoms with E-state index < -0.39 is 42.6 Å². The van der Waals surface area contributed by atoms with Gasteiger partial charge in [-0.05, 0) is 67.4 Å². The minimum Gasteiger partial charge on any atom is -0.366 e. The van der Waals surface area contributed by atoms with Gasteiger partial charge < -0.3 is 5.73 Å². The summed E-state index contributed by atoms with van der Waals surface area (Å²) in [5.74, 6) is -1.05. The Morgan fingerprint density at radius 3 is 2.05 bits per heavy atom. The lowest BCUT2D eigenvalue weighted by Gasteiger charge is -2.26. The van der Waals surface area contributed by atoms with Gasteiger partial charge in [-0.15, -0.1) is 0 Å². The summed E-state index contributed by atoms with van der Waals surface area (Å²) in [6.45, 7) is 0.720. The van der Waals surface area contributed by atoms with Gasteiger partial charge in [-0.2, -0.15) is 17.5 Å². The van der Waals surface area contributed by atoms with E-state index in [-0.39, 0.29) is 21.8 Å². The highest BCUT2D eigenvalue weighted by Gasteiger charge is 2.35. The number of hydrogen-bond donors (Lipinski definition) is 1. The molecule has 0 aliphatic carbocycles. The van der Waals surface area contributed by atoms with Crippen molar-refractivity contribution in [3.05, 3.63) is 83.9 Å². The van der Waals surface area contributed by atoms with E-state index in [9.17, 15) is 34.8 Å². The number of primary amides is 1. The Bertz CT molecular complexity index is 1530. The number of rotatable bonds is 7. The van der Waals surface area contributed by atoms with Crippen LogP contribution in [0, 0.1) is 0 Å². The number of carbonyl (C=O) groups excluding carboxylic acids is 1. The van der Waals surface area contributed by atoms with Gasteiger partial charge in [0.25, 0.3) is 10.0 Å². The van der Waals surface area contributed by atoms with E-state index in [0.717, 1.165) is 37.1 Å². The normalized spacial score (nSPS) is 15.0. The van der Waals surface area contributed by atoms with Crippen molar-refractivity contribution < 1.29 is 34.8 Å². The van der Waals surface area contributed by atoms with Crippen LogP contribution in [0.25, 0.3) is 0 Å². The van der Waals surface area contributed by atoms with E-state index in [2.05, 4.69) is 0 Å². The van der Waals surface area contributed by atoms with E-state index >= 15 is 0 Å². The first-order valence-corrected chi connectivity index (χ1v) is 13.9. The second kappa shape index (κ2) is 9.80. The van der Waals surface area contributed by atoms with Crippen LogP contribution in [0.4, 0.5) is 24.5 Å². The van der Waals surface area contributed by atoms with Crippen molar-refractivity contribution in [3.63, 3.8) is 0 Å². The highest BCUT2D eigenvalue weighted by atomic mass is 32.2. The summed E-state index contributed by atoms with van der Waals surface area (Å²) in [4.78, 5) is 11.3. The van der Waals surface area contributed by atoms with Crippen molar-refractivity contribution in [2.75, 3.05) is 17.4 Å². The molecule has 0 spiro atoms. The number of benzene rings is 3. The van der Waals surface area contributed by atoms with Crippen molar-refractivity contribution >= 4 is 37.3 Å². The third kappa shape index (κ3) is 5.20. The van der Waals surface area contributed by atoms with Crippen LogP contribution in [0.3, 0.4) is 0 Å². The molecule has 1 aliphatic rings. The monoisotopic (exact) mass is 553 g/mol. The number of amides is 1. The Kier molecular flexibility index (Phi) is 7.06. The molecule has 196 valence electrons. The zero-order chi connectivity index (χ0) is 27.0. The molecule has 1 amide bonds. The molecule has 0 saturated carbocycles. The van der Waals surface area contributed by atoms with Crippen molar-refractivity contribution in [2.45, 2.75) is 28.8 Å². The smallest absolute Gasteiger partial charge is 0.366 e. The first-order chi connectivity index (χ1) is 17.3. The third-order valence-corrected chi connectivity index (χ3v) is 9.58. The summed E-state index contributed by atoms with van der Waals surface area (Å²) in [7, 11) is -8.53. The topological polar surface area (TPSA) is 118 Å². The van der Waals surface area contributed by atoms with Crippen LogP contribution in [0.15, 0.2) is 82.6 Å². The predicted molar refractivity (Wildman–Crippen MR) is 130 cm³/mol. The van der Waals surface area contributed by atoms with E-state index in [4.69, 9.17) is 5.73 Å². The average molecular weight is 554 g/mol. The van der Waals surface area contributed by atoms with Crippen molar-refractivity contribution in [1.82, 2.24) is 4.31 Å². The molecule has 0 bridgehead atoms. The summed E-state index contributed by atoms with van der Waals surface area (Å²) in [6, 6.07) is 13.5. The Hall–Kier alpha value is -3.42. The second-order valence-corrected chi connectivity index (χ2v) is 12.0. The van der Waals surface area contributed by atoms with Crippen LogP contribution in [-0.2, 0) is 26.2 Å². The van der Waals surface area contributed by atoms with Gasteiger partial charge in [0.05, 0.1) is 27.4 Å². The molecule has 1 aliphatic heterocycles. The number of nitrogens with two attached hydrogens (primary N) is 1. The highest BCUT2D eigenvalue weighted by Crippen LogP contribution is 2.38. The Labute approximate surface area is 212 Å².